The van der Waals surface area contributed by atoms with Crippen LogP contribution in [0.5, 0.6) is 0 Å². The molecule has 3 amide bonds. The van der Waals surface area contributed by atoms with Crippen molar-refractivity contribution in [3.63, 3.8) is 0 Å². The standard InChI is InChI=1S/C18H14ClFN2O3S/c19-11-6-7-14(13(20)8-11)21-16(23)10-26-15-9-17(24)22(18(15)25)12-4-2-1-3-5-12/h1-8,15H,9-10H2,(H,21,23)/t15-/m1/s1. The molecule has 0 aliphatic carbocycles. The number of rotatable bonds is 5. The number of thioether (sulfide) groups is 1. The lowest BCUT2D eigenvalue weighted by atomic mass is 10.3. The highest BCUT2D eigenvalue weighted by Gasteiger charge is 2.39. The fourth-order valence-electron chi connectivity index (χ4n) is 2.54. The summed E-state index contributed by atoms with van der Waals surface area (Å²) in [6, 6.07) is 12.6. The second kappa shape index (κ2) is 7.88. The average molecular weight is 393 g/mol. The molecule has 26 heavy (non-hydrogen) atoms. The SMILES string of the molecule is O=C(CS[C@@H]1CC(=O)N(c2ccccc2)C1=O)Nc1ccc(Cl)cc1F. The Hall–Kier alpha value is -2.38. The number of nitrogens with zero attached hydrogens (tertiary/aromatic N) is 1. The molecule has 0 unspecified atom stereocenters. The van der Waals surface area contributed by atoms with Crippen LogP contribution in [0.25, 0.3) is 0 Å². The van der Waals surface area contributed by atoms with Crippen LogP contribution in [-0.2, 0) is 14.4 Å². The van der Waals surface area contributed by atoms with Gasteiger partial charge in [0.1, 0.15) is 5.82 Å². The second-order valence-corrected chi connectivity index (χ2v) is 7.21. The Morgan fingerprint density at radius 2 is 1.96 bits per heavy atom. The molecule has 1 saturated heterocycles. The van der Waals surface area contributed by atoms with E-state index in [1.165, 1.54) is 12.1 Å². The summed E-state index contributed by atoms with van der Waals surface area (Å²) in [5.41, 5.74) is 0.526. The Morgan fingerprint density at radius 3 is 2.65 bits per heavy atom. The van der Waals surface area contributed by atoms with Gasteiger partial charge >= 0.3 is 0 Å². The number of carbonyl (C=O) groups excluding carboxylic acids is 3. The van der Waals surface area contributed by atoms with E-state index in [-0.39, 0.29) is 34.7 Å². The van der Waals surface area contributed by atoms with Gasteiger partial charge in [0, 0.05) is 11.4 Å². The van der Waals surface area contributed by atoms with Crippen molar-refractivity contribution in [2.45, 2.75) is 11.7 Å². The first-order chi connectivity index (χ1) is 12.5. The lowest BCUT2D eigenvalue weighted by molar-refractivity contribution is -0.121. The Labute approximate surface area is 158 Å². The molecule has 3 rings (SSSR count). The van der Waals surface area contributed by atoms with Gasteiger partial charge in [0.15, 0.2) is 0 Å². The summed E-state index contributed by atoms with van der Waals surface area (Å²) >= 11 is 6.72. The number of imide groups is 1. The molecule has 2 aromatic rings. The van der Waals surface area contributed by atoms with Crippen molar-refractivity contribution in [3.8, 4) is 0 Å². The molecular formula is C18H14ClFN2O3S. The maximum atomic E-state index is 13.7. The monoisotopic (exact) mass is 392 g/mol. The third kappa shape index (κ3) is 4.05. The normalized spacial score (nSPS) is 16.8. The van der Waals surface area contributed by atoms with Gasteiger partial charge in [0.2, 0.25) is 17.7 Å². The number of halogens is 2. The molecule has 1 N–H and O–H groups in total. The number of hydrogen-bond donors (Lipinski definition) is 1. The first-order valence-corrected chi connectivity index (χ1v) is 9.17. The first kappa shape index (κ1) is 18.4. The number of amides is 3. The molecule has 0 saturated carbocycles. The van der Waals surface area contributed by atoms with Crippen LogP contribution in [0.2, 0.25) is 5.02 Å². The molecular weight excluding hydrogens is 379 g/mol. The summed E-state index contributed by atoms with van der Waals surface area (Å²) in [4.78, 5) is 37.7. The minimum absolute atomic E-state index is 0.0136. The van der Waals surface area contributed by atoms with Crippen LogP contribution in [0, 0.1) is 5.82 Å². The molecule has 134 valence electrons. The van der Waals surface area contributed by atoms with Crippen molar-refractivity contribution >= 4 is 52.5 Å². The molecule has 0 radical (unpaired) electrons. The largest absolute Gasteiger partial charge is 0.323 e. The fraction of sp³-hybridized carbons (Fsp3) is 0.167. The van der Waals surface area contributed by atoms with Crippen molar-refractivity contribution in [1.29, 1.82) is 0 Å². The molecule has 0 spiro atoms. The van der Waals surface area contributed by atoms with Crippen molar-refractivity contribution in [2.75, 3.05) is 16.0 Å². The van der Waals surface area contributed by atoms with Crippen molar-refractivity contribution in [3.05, 3.63) is 59.4 Å². The topological polar surface area (TPSA) is 66.5 Å². The molecule has 8 heteroatoms. The van der Waals surface area contributed by atoms with E-state index in [1.807, 2.05) is 0 Å². The van der Waals surface area contributed by atoms with Gasteiger partial charge < -0.3 is 5.32 Å². The lowest BCUT2D eigenvalue weighted by Crippen LogP contribution is -2.31. The van der Waals surface area contributed by atoms with E-state index in [2.05, 4.69) is 5.32 Å². The van der Waals surface area contributed by atoms with Gasteiger partial charge in [-0.05, 0) is 30.3 Å². The molecule has 1 fully saturated rings. The summed E-state index contributed by atoms with van der Waals surface area (Å²) in [5, 5.41) is 2.02. The molecule has 1 aliphatic rings. The van der Waals surface area contributed by atoms with Gasteiger partial charge in [-0.3, -0.25) is 14.4 Å². The number of benzene rings is 2. The minimum Gasteiger partial charge on any atom is -0.323 e. The van der Waals surface area contributed by atoms with E-state index in [0.717, 1.165) is 22.7 Å². The quantitative estimate of drug-likeness (QED) is 0.791. The second-order valence-electron chi connectivity index (χ2n) is 5.58. The molecule has 0 aromatic heterocycles. The summed E-state index contributed by atoms with van der Waals surface area (Å²) in [6.45, 7) is 0. The van der Waals surface area contributed by atoms with E-state index in [4.69, 9.17) is 11.6 Å². The molecule has 2 aromatic carbocycles. The van der Waals surface area contributed by atoms with E-state index < -0.39 is 17.0 Å². The Morgan fingerprint density at radius 1 is 1.23 bits per heavy atom. The number of anilines is 2. The highest BCUT2D eigenvalue weighted by molar-refractivity contribution is 8.01. The Bertz CT molecular complexity index is 863. The van der Waals surface area contributed by atoms with Gasteiger partial charge in [-0.25, -0.2) is 9.29 Å². The van der Waals surface area contributed by atoms with Crippen LogP contribution in [-0.4, -0.2) is 28.7 Å². The van der Waals surface area contributed by atoms with Crippen LogP contribution in [0.3, 0.4) is 0 Å². The minimum atomic E-state index is -0.641. The summed E-state index contributed by atoms with van der Waals surface area (Å²) in [5.74, 6) is -1.83. The van der Waals surface area contributed by atoms with Crippen LogP contribution >= 0.6 is 23.4 Å². The zero-order valence-electron chi connectivity index (χ0n) is 13.4. The maximum absolute atomic E-state index is 13.7. The third-order valence-corrected chi connectivity index (χ3v) is 5.18. The van der Waals surface area contributed by atoms with Crippen LogP contribution < -0.4 is 10.2 Å². The van der Waals surface area contributed by atoms with Crippen molar-refractivity contribution in [1.82, 2.24) is 0 Å². The third-order valence-electron chi connectivity index (χ3n) is 3.74. The van der Waals surface area contributed by atoms with Gasteiger partial charge in [-0.1, -0.05) is 29.8 Å². The zero-order chi connectivity index (χ0) is 18.7. The highest BCUT2D eigenvalue weighted by Crippen LogP contribution is 2.29. The predicted molar refractivity (Wildman–Crippen MR) is 99.8 cm³/mol. The van der Waals surface area contributed by atoms with E-state index in [9.17, 15) is 18.8 Å². The number of carbonyl (C=O) groups is 3. The molecule has 5 nitrogen and oxygen atoms in total. The highest BCUT2D eigenvalue weighted by atomic mass is 35.5. The summed E-state index contributed by atoms with van der Waals surface area (Å²) < 4.78 is 13.7. The Balaban J connectivity index is 1.59. The van der Waals surface area contributed by atoms with Gasteiger partial charge in [0.05, 0.1) is 22.4 Å². The zero-order valence-corrected chi connectivity index (χ0v) is 15.0. The summed E-state index contributed by atoms with van der Waals surface area (Å²) in [6.07, 6.45) is 0.0288. The van der Waals surface area contributed by atoms with Gasteiger partial charge in [0.25, 0.3) is 0 Å². The van der Waals surface area contributed by atoms with E-state index in [1.54, 1.807) is 30.3 Å². The van der Waals surface area contributed by atoms with Crippen molar-refractivity contribution < 1.29 is 18.8 Å². The number of hydrogen-bond acceptors (Lipinski definition) is 4. The average Bonchev–Trinajstić information content (AvgIpc) is 2.90. The van der Waals surface area contributed by atoms with Gasteiger partial charge in [-0.2, -0.15) is 0 Å². The molecule has 0 bridgehead atoms. The predicted octanol–water partition coefficient (Wildman–Crippen LogP) is 3.48. The first-order valence-electron chi connectivity index (χ1n) is 7.74. The summed E-state index contributed by atoms with van der Waals surface area (Å²) in [7, 11) is 0. The molecule has 1 atom stereocenters. The fourth-order valence-corrected chi connectivity index (χ4v) is 3.63. The number of nitrogens with one attached hydrogen (secondary N) is 1. The van der Waals surface area contributed by atoms with Crippen molar-refractivity contribution in [2.24, 2.45) is 0 Å². The van der Waals surface area contributed by atoms with Crippen LogP contribution in [0.15, 0.2) is 48.5 Å². The maximum Gasteiger partial charge on any atom is 0.247 e. The van der Waals surface area contributed by atoms with E-state index >= 15 is 0 Å². The smallest absolute Gasteiger partial charge is 0.247 e. The van der Waals surface area contributed by atoms with Crippen LogP contribution in [0.1, 0.15) is 6.42 Å². The Kier molecular flexibility index (Phi) is 5.58. The van der Waals surface area contributed by atoms with Crippen LogP contribution in [0.4, 0.5) is 15.8 Å². The lowest BCUT2D eigenvalue weighted by Gasteiger charge is -2.14. The molecule has 1 heterocycles. The number of para-hydroxylation sites is 1. The van der Waals surface area contributed by atoms with Gasteiger partial charge in [-0.15, -0.1) is 11.8 Å². The molecule has 1 aliphatic heterocycles. The van der Waals surface area contributed by atoms with E-state index in [0.29, 0.717) is 5.69 Å².